The first-order valence-corrected chi connectivity index (χ1v) is 15.8. The van der Waals surface area contributed by atoms with Gasteiger partial charge in [0.1, 0.15) is 12.6 Å². The van der Waals surface area contributed by atoms with Gasteiger partial charge in [-0.1, -0.05) is 60.8 Å². The lowest BCUT2D eigenvalue weighted by Crippen LogP contribution is -2.51. The van der Waals surface area contributed by atoms with Crippen LogP contribution in [0, 0.1) is 12.8 Å². The highest BCUT2D eigenvalue weighted by Crippen LogP contribution is 2.32. The Morgan fingerprint density at radius 3 is 2.14 bits per heavy atom. The normalized spacial score (nSPS) is 12.0. The predicted octanol–water partition coefficient (Wildman–Crippen LogP) is 5.70. The van der Waals surface area contributed by atoms with Gasteiger partial charge in [0.05, 0.1) is 24.8 Å². The third-order valence-corrected chi connectivity index (χ3v) is 9.11. The van der Waals surface area contributed by atoms with Crippen LogP contribution in [0.4, 0.5) is 5.69 Å². The minimum Gasteiger partial charge on any atom is -0.493 e. The molecule has 0 saturated heterocycles. The molecule has 9 nitrogen and oxygen atoms in total. The van der Waals surface area contributed by atoms with Crippen LogP contribution in [0.5, 0.6) is 11.5 Å². The molecule has 0 aromatic heterocycles. The van der Waals surface area contributed by atoms with E-state index in [1.807, 2.05) is 20.8 Å². The standard InChI is InChI=1S/C31H37Cl2N3O6S/c1-20(2)17-34-31(38)22(4)35(18-23-9-10-24(32)15-27(23)33)30(37)19-36(25-11-7-21(3)8-12-25)43(39,40)26-13-14-28(41-5)29(16-26)42-6/h7-16,20,22H,17-19H2,1-6H3,(H,34,38)/t22-/m0/s1. The molecule has 2 amide bonds. The number of rotatable bonds is 13. The zero-order valence-corrected chi connectivity index (χ0v) is 27.4. The van der Waals surface area contributed by atoms with E-state index in [0.29, 0.717) is 27.9 Å². The van der Waals surface area contributed by atoms with Crippen molar-refractivity contribution in [3.63, 3.8) is 0 Å². The van der Waals surface area contributed by atoms with E-state index in [1.165, 1.54) is 37.3 Å². The second kappa shape index (κ2) is 14.8. The number of anilines is 1. The van der Waals surface area contributed by atoms with E-state index < -0.39 is 28.5 Å². The SMILES string of the molecule is COc1ccc(S(=O)(=O)N(CC(=O)N(Cc2ccc(Cl)cc2Cl)[C@@H](C)C(=O)NCC(C)C)c2ccc(C)cc2)cc1OC. The molecule has 0 unspecified atom stereocenters. The first-order valence-electron chi connectivity index (χ1n) is 13.6. The summed E-state index contributed by atoms with van der Waals surface area (Å²) in [6, 6.07) is 14.9. The highest BCUT2D eigenvalue weighted by molar-refractivity contribution is 7.92. The molecule has 3 rings (SSSR count). The number of halogens is 2. The fourth-order valence-corrected chi connectivity index (χ4v) is 6.11. The molecular formula is C31H37Cl2N3O6S. The van der Waals surface area contributed by atoms with Crippen LogP contribution in [-0.2, 0) is 26.2 Å². The Morgan fingerprint density at radius 2 is 1.56 bits per heavy atom. The van der Waals surface area contributed by atoms with Gasteiger partial charge in [-0.25, -0.2) is 8.42 Å². The molecule has 0 radical (unpaired) electrons. The summed E-state index contributed by atoms with van der Waals surface area (Å²) in [5, 5.41) is 3.58. The van der Waals surface area contributed by atoms with Gasteiger partial charge in [0.25, 0.3) is 10.0 Å². The first kappa shape index (κ1) is 34.0. The molecule has 3 aromatic rings. The van der Waals surface area contributed by atoms with E-state index in [-0.39, 0.29) is 34.7 Å². The number of nitrogens with zero attached hydrogens (tertiary/aromatic N) is 2. The molecule has 12 heteroatoms. The van der Waals surface area contributed by atoms with Crippen LogP contribution in [0.15, 0.2) is 65.6 Å². The summed E-state index contributed by atoms with van der Waals surface area (Å²) in [6.45, 7) is 7.15. The molecule has 0 aliphatic carbocycles. The van der Waals surface area contributed by atoms with Gasteiger partial charge < -0.3 is 19.7 Å². The number of nitrogens with one attached hydrogen (secondary N) is 1. The average molecular weight is 651 g/mol. The molecule has 1 N–H and O–H groups in total. The van der Waals surface area contributed by atoms with Gasteiger partial charge in [-0.3, -0.25) is 13.9 Å². The summed E-state index contributed by atoms with van der Waals surface area (Å²) in [6.07, 6.45) is 0. The predicted molar refractivity (Wildman–Crippen MR) is 170 cm³/mol. The summed E-state index contributed by atoms with van der Waals surface area (Å²) >= 11 is 12.5. The van der Waals surface area contributed by atoms with Gasteiger partial charge in [0, 0.05) is 29.2 Å². The summed E-state index contributed by atoms with van der Waals surface area (Å²) in [4.78, 5) is 28.4. The monoisotopic (exact) mass is 649 g/mol. The highest BCUT2D eigenvalue weighted by Gasteiger charge is 2.33. The molecule has 43 heavy (non-hydrogen) atoms. The maximum absolute atomic E-state index is 14.1. The Bertz CT molecular complexity index is 1550. The molecule has 232 valence electrons. The van der Waals surface area contributed by atoms with E-state index in [0.717, 1.165) is 9.87 Å². The maximum atomic E-state index is 14.1. The third kappa shape index (κ3) is 8.55. The minimum atomic E-state index is -4.30. The molecule has 0 heterocycles. The van der Waals surface area contributed by atoms with Gasteiger partial charge in [-0.2, -0.15) is 0 Å². The van der Waals surface area contributed by atoms with Crippen LogP contribution in [0.3, 0.4) is 0 Å². The number of hydrogen-bond acceptors (Lipinski definition) is 6. The van der Waals surface area contributed by atoms with Crippen molar-refractivity contribution in [1.29, 1.82) is 0 Å². The van der Waals surface area contributed by atoms with Crippen LogP contribution < -0.4 is 19.1 Å². The largest absolute Gasteiger partial charge is 0.493 e. The van der Waals surface area contributed by atoms with Crippen LogP contribution in [0.1, 0.15) is 31.9 Å². The average Bonchev–Trinajstić information content (AvgIpc) is 2.97. The van der Waals surface area contributed by atoms with E-state index >= 15 is 0 Å². The van der Waals surface area contributed by atoms with Crippen molar-refractivity contribution in [3.05, 3.63) is 81.8 Å². The molecule has 3 aromatic carbocycles. The highest BCUT2D eigenvalue weighted by atomic mass is 35.5. The van der Waals surface area contributed by atoms with Gasteiger partial charge >= 0.3 is 0 Å². The number of carbonyl (C=O) groups is 2. The van der Waals surface area contributed by atoms with Crippen LogP contribution in [0.25, 0.3) is 0 Å². The summed E-state index contributed by atoms with van der Waals surface area (Å²) < 4.78 is 39.8. The number of sulfonamides is 1. The number of carbonyl (C=O) groups excluding carboxylic acids is 2. The van der Waals surface area contributed by atoms with Crippen LogP contribution in [0.2, 0.25) is 10.0 Å². The number of benzene rings is 3. The summed E-state index contributed by atoms with van der Waals surface area (Å²) in [7, 11) is -1.45. The van der Waals surface area contributed by atoms with Gasteiger partial charge in [-0.15, -0.1) is 0 Å². The second-order valence-corrected chi connectivity index (χ2v) is 13.1. The molecule has 0 aliphatic rings. The van der Waals surface area contributed by atoms with E-state index in [9.17, 15) is 18.0 Å². The maximum Gasteiger partial charge on any atom is 0.264 e. The summed E-state index contributed by atoms with van der Waals surface area (Å²) in [5.74, 6) is -0.228. The van der Waals surface area contributed by atoms with E-state index in [4.69, 9.17) is 32.7 Å². The topological polar surface area (TPSA) is 105 Å². The molecule has 0 bridgehead atoms. The number of methoxy groups -OCH3 is 2. The third-order valence-electron chi connectivity index (χ3n) is 6.75. The molecule has 0 aliphatic heterocycles. The summed E-state index contributed by atoms with van der Waals surface area (Å²) in [5.41, 5.74) is 1.73. The Balaban J connectivity index is 2.07. The van der Waals surface area contributed by atoms with Gasteiger partial charge in [0.2, 0.25) is 11.8 Å². The fraction of sp³-hybridized carbons (Fsp3) is 0.355. The van der Waals surface area contributed by atoms with Crippen molar-refractivity contribution in [2.45, 2.75) is 45.2 Å². The lowest BCUT2D eigenvalue weighted by Gasteiger charge is -2.32. The minimum absolute atomic E-state index is 0.0523. The quantitative estimate of drug-likeness (QED) is 0.255. The molecule has 1 atom stereocenters. The Labute approximate surface area is 263 Å². The zero-order valence-electron chi connectivity index (χ0n) is 25.1. The number of hydrogen-bond donors (Lipinski definition) is 1. The molecule has 0 saturated carbocycles. The smallest absolute Gasteiger partial charge is 0.264 e. The molecule has 0 fully saturated rings. The van der Waals surface area contributed by atoms with E-state index in [2.05, 4.69) is 5.32 Å². The number of amides is 2. The van der Waals surface area contributed by atoms with Gasteiger partial charge in [0.15, 0.2) is 11.5 Å². The van der Waals surface area contributed by atoms with Gasteiger partial charge in [-0.05, 0) is 61.7 Å². The number of aryl methyl sites for hydroxylation is 1. The second-order valence-electron chi connectivity index (χ2n) is 10.4. The molecule has 0 spiro atoms. The molecular weight excluding hydrogens is 613 g/mol. The number of ether oxygens (including phenoxy) is 2. The zero-order chi connectivity index (χ0) is 31.9. The lowest BCUT2D eigenvalue weighted by molar-refractivity contribution is -0.139. The van der Waals surface area contributed by atoms with E-state index in [1.54, 1.807) is 49.4 Å². The van der Waals surface area contributed by atoms with Crippen molar-refractivity contribution in [1.82, 2.24) is 10.2 Å². The van der Waals surface area contributed by atoms with Crippen molar-refractivity contribution < 1.29 is 27.5 Å². The van der Waals surface area contributed by atoms with Crippen molar-refractivity contribution >= 4 is 50.7 Å². The van der Waals surface area contributed by atoms with Crippen molar-refractivity contribution in [3.8, 4) is 11.5 Å². The Hall–Kier alpha value is -3.47. The Morgan fingerprint density at radius 1 is 0.907 bits per heavy atom. The van der Waals surface area contributed by atoms with Crippen molar-refractivity contribution in [2.75, 3.05) is 31.6 Å². The first-order chi connectivity index (χ1) is 20.3. The van der Waals surface area contributed by atoms with Crippen molar-refractivity contribution in [2.24, 2.45) is 5.92 Å². The van der Waals surface area contributed by atoms with Crippen LogP contribution >= 0.6 is 23.2 Å². The fourth-order valence-electron chi connectivity index (χ4n) is 4.21. The Kier molecular flexibility index (Phi) is 11.7. The lowest BCUT2D eigenvalue weighted by atomic mass is 10.1. The van der Waals surface area contributed by atoms with Crippen LogP contribution in [-0.4, -0.2) is 58.5 Å².